The monoisotopic (exact) mass is 357 g/mol. The fourth-order valence-electron chi connectivity index (χ4n) is 2.71. The lowest BCUT2D eigenvalue weighted by Crippen LogP contribution is -2.08. The van der Waals surface area contributed by atoms with Gasteiger partial charge in [-0.15, -0.1) is 28.2 Å². The van der Waals surface area contributed by atoms with Gasteiger partial charge in [0, 0.05) is 23.8 Å². The van der Waals surface area contributed by atoms with Gasteiger partial charge in [-0.05, 0) is 30.0 Å². The van der Waals surface area contributed by atoms with Crippen LogP contribution in [0.2, 0.25) is 0 Å². The highest BCUT2D eigenvalue weighted by atomic mass is 32.2. The first-order valence-corrected chi connectivity index (χ1v) is 9.74. The van der Waals surface area contributed by atoms with Gasteiger partial charge < -0.3 is 4.74 Å². The van der Waals surface area contributed by atoms with E-state index in [2.05, 4.69) is 21.3 Å². The molecule has 0 amide bonds. The van der Waals surface area contributed by atoms with Gasteiger partial charge in [0.15, 0.2) is 5.78 Å². The van der Waals surface area contributed by atoms with E-state index in [1.165, 1.54) is 16.9 Å². The zero-order chi connectivity index (χ0) is 16.5. The summed E-state index contributed by atoms with van der Waals surface area (Å²) < 4.78 is 5.53. The van der Waals surface area contributed by atoms with Gasteiger partial charge in [0.05, 0.1) is 18.7 Å². The summed E-state index contributed by atoms with van der Waals surface area (Å²) in [5, 5.41) is 11.8. The highest BCUT2D eigenvalue weighted by Gasteiger charge is 2.19. The molecular weight excluding hydrogens is 342 g/mol. The minimum absolute atomic E-state index is 0.00158. The van der Waals surface area contributed by atoms with Crippen LogP contribution in [0, 0.1) is 0 Å². The molecule has 0 unspecified atom stereocenters. The van der Waals surface area contributed by atoms with Crippen molar-refractivity contribution in [2.24, 2.45) is 10.2 Å². The molecule has 2 aliphatic heterocycles. The molecule has 0 spiro atoms. The van der Waals surface area contributed by atoms with Crippen LogP contribution in [-0.4, -0.2) is 34.4 Å². The molecule has 122 valence electrons. The summed E-state index contributed by atoms with van der Waals surface area (Å²) in [6.07, 6.45) is 3.86. The maximum absolute atomic E-state index is 12.4. The Kier molecular flexibility index (Phi) is 4.20. The third-order valence-corrected chi connectivity index (χ3v) is 5.57. The first-order chi connectivity index (χ1) is 11.7. The Morgan fingerprint density at radius 3 is 3.12 bits per heavy atom. The van der Waals surface area contributed by atoms with Gasteiger partial charge in [-0.3, -0.25) is 4.79 Å². The molecule has 1 aromatic heterocycles. The number of rotatable bonds is 4. The molecule has 7 heteroatoms. The second-order valence-electron chi connectivity index (χ2n) is 5.60. The van der Waals surface area contributed by atoms with Crippen molar-refractivity contribution in [2.75, 3.05) is 12.9 Å². The number of fused-ring (bicyclic) bond motifs is 1. The highest BCUT2D eigenvalue weighted by molar-refractivity contribution is 8.13. The van der Waals surface area contributed by atoms with Crippen molar-refractivity contribution in [3.63, 3.8) is 0 Å². The zero-order valence-electron chi connectivity index (χ0n) is 13.1. The van der Waals surface area contributed by atoms with Crippen LogP contribution >= 0.6 is 23.1 Å². The topological polar surface area (TPSA) is 63.9 Å². The largest absolute Gasteiger partial charge is 0.493 e. The Balaban J connectivity index is 1.48. The number of aromatic nitrogens is 1. The molecule has 0 bridgehead atoms. The molecule has 0 fully saturated rings. The van der Waals surface area contributed by atoms with E-state index in [1.54, 1.807) is 11.8 Å². The zero-order valence-corrected chi connectivity index (χ0v) is 14.7. The van der Waals surface area contributed by atoms with Crippen molar-refractivity contribution in [3.05, 3.63) is 34.8 Å². The van der Waals surface area contributed by atoms with E-state index >= 15 is 0 Å². The van der Waals surface area contributed by atoms with Crippen molar-refractivity contribution < 1.29 is 9.53 Å². The van der Waals surface area contributed by atoms with Crippen molar-refractivity contribution in [3.8, 4) is 16.3 Å². The fourth-order valence-corrected chi connectivity index (χ4v) is 3.97. The van der Waals surface area contributed by atoms with Crippen molar-refractivity contribution in [2.45, 2.75) is 19.3 Å². The quantitative estimate of drug-likeness (QED) is 0.780. The predicted octanol–water partition coefficient (Wildman–Crippen LogP) is 3.84. The molecule has 3 heterocycles. The molecule has 0 saturated carbocycles. The Morgan fingerprint density at radius 2 is 2.29 bits per heavy atom. The third kappa shape index (κ3) is 3.01. The maximum atomic E-state index is 12.4. The van der Waals surface area contributed by atoms with Gasteiger partial charge in [0.1, 0.15) is 21.5 Å². The molecule has 0 atom stereocenters. The predicted molar refractivity (Wildman–Crippen MR) is 98.7 cm³/mol. The number of hydrogen-bond acceptors (Lipinski definition) is 7. The van der Waals surface area contributed by atoms with Crippen LogP contribution < -0.4 is 4.74 Å². The normalized spacial score (nSPS) is 15.7. The number of nitrogens with zero attached hydrogens (tertiary/aromatic N) is 3. The van der Waals surface area contributed by atoms with Crippen molar-refractivity contribution >= 4 is 39.6 Å². The molecule has 0 N–H and O–H groups in total. The molecule has 24 heavy (non-hydrogen) atoms. The number of thioether (sulfide) groups is 1. The summed E-state index contributed by atoms with van der Waals surface area (Å²) in [6, 6.07) is 6.08. The first-order valence-electron chi connectivity index (χ1n) is 7.64. The van der Waals surface area contributed by atoms with Gasteiger partial charge in [-0.2, -0.15) is 5.10 Å². The molecule has 2 aliphatic rings. The van der Waals surface area contributed by atoms with Crippen LogP contribution in [0.25, 0.3) is 10.6 Å². The lowest BCUT2D eigenvalue weighted by atomic mass is 10.1. The average Bonchev–Trinajstić information content (AvgIpc) is 3.33. The molecule has 0 aliphatic carbocycles. The van der Waals surface area contributed by atoms with Gasteiger partial charge in [-0.1, -0.05) is 0 Å². The number of ether oxygens (including phenoxy) is 1. The van der Waals surface area contributed by atoms with Crippen LogP contribution in [-0.2, 0) is 6.42 Å². The minimum Gasteiger partial charge on any atom is -0.493 e. The third-order valence-electron chi connectivity index (χ3n) is 3.98. The highest BCUT2D eigenvalue weighted by Crippen LogP contribution is 2.32. The van der Waals surface area contributed by atoms with E-state index in [0.29, 0.717) is 12.1 Å². The number of thiazole rings is 1. The van der Waals surface area contributed by atoms with Crippen molar-refractivity contribution in [1.29, 1.82) is 0 Å². The standard InChI is InChI=1S/C17H15N3O2S2/c1-23-16-8-12(19-20-16)7-14(21)13-9-24-17(18-13)11-2-3-15-10(6-11)4-5-22-15/h2-3,6,9H,4-5,7-8H2,1H3. The number of benzene rings is 1. The average molecular weight is 357 g/mol. The Bertz CT molecular complexity index is 870. The Morgan fingerprint density at radius 1 is 1.38 bits per heavy atom. The summed E-state index contributed by atoms with van der Waals surface area (Å²) in [5.41, 5.74) is 3.56. The number of carbonyl (C=O) groups excluding carboxylic acids is 1. The van der Waals surface area contributed by atoms with E-state index < -0.39 is 0 Å². The number of Topliss-reactive ketones (excluding diaryl/α,β-unsaturated/α-hetero) is 1. The van der Waals surface area contributed by atoms with Gasteiger partial charge in [-0.25, -0.2) is 4.98 Å². The van der Waals surface area contributed by atoms with Crippen molar-refractivity contribution in [1.82, 2.24) is 4.98 Å². The van der Waals surface area contributed by atoms with Gasteiger partial charge >= 0.3 is 0 Å². The summed E-state index contributed by atoms with van der Waals surface area (Å²) in [7, 11) is 0. The summed E-state index contributed by atoms with van der Waals surface area (Å²) >= 11 is 3.06. The maximum Gasteiger partial charge on any atom is 0.187 e. The SMILES string of the molecule is CSC1=NN=C(CC(=O)c2csc(-c3ccc4c(c3)CCO4)n2)C1. The fraction of sp³-hybridized carbons (Fsp3) is 0.294. The molecule has 0 saturated heterocycles. The summed E-state index contributed by atoms with van der Waals surface area (Å²) in [6.45, 7) is 0.739. The second-order valence-corrected chi connectivity index (χ2v) is 7.34. The molecule has 4 rings (SSSR count). The summed E-state index contributed by atoms with van der Waals surface area (Å²) in [5.74, 6) is 0.953. The molecule has 2 aromatic rings. The van der Waals surface area contributed by atoms with Gasteiger partial charge in [0.25, 0.3) is 0 Å². The van der Waals surface area contributed by atoms with Crippen LogP contribution in [0.1, 0.15) is 28.9 Å². The van der Waals surface area contributed by atoms with E-state index in [9.17, 15) is 4.79 Å². The first kappa shape index (κ1) is 15.5. The van der Waals surface area contributed by atoms with Crippen LogP contribution in [0.4, 0.5) is 0 Å². The number of carbonyl (C=O) groups is 1. The number of ketones is 1. The van der Waals surface area contributed by atoms with E-state index in [4.69, 9.17) is 4.74 Å². The lowest BCUT2D eigenvalue weighted by Gasteiger charge is -2.01. The molecule has 5 nitrogen and oxygen atoms in total. The molecule has 0 radical (unpaired) electrons. The number of hydrogen-bond donors (Lipinski definition) is 0. The smallest absolute Gasteiger partial charge is 0.187 e. The van der Waals surface area contributed by atoms with E-state index in [-0.39, 0.29) is 12.2 Å². The second kappa shape index (κ2) is 6.49. The lowest BCUT2D eigenvalue weighted by molar-refractivity contribution is 0.0996. The van der Waals surface area contributed by atoms with E-state index in [0.717, 1.165) is 40.1 Å². The molecule has 1 aromatic carbocycles. The Hall–Kier alpha value is -1.99. The van der Waals surface area contributed by atoms with Crippen LogP contribution in [0.3, 0.4) is 0 Å². The minimum atomic E-state index is -0.00158. The Labute approximate surface area is 147 Å². The van der Waals surface area contributed by atoms with Gasteiger partial charge in [0.2, 0.25) is 0 Å². The van der Waals surface area contributed by atoms with E-state index in [1.807, 2.05) is 23.8 Å². The summed E-state index contributed by atoms with van der Waals surface area (Å²) in [4.78, 5) is 16.9. The van der Waals surface area contributed by atoms with Crippen LogP contribution in [0.15, 0.2) is 33.8 Å². The molecular formula is C17H15N3O2S2. The van der Waals surface area contributed by atoms with Crippen LogP contribution in [0.5, 0.6) is 5.75 Å².